The van der Waals surface area contributed by atoms with Gasteiger partial charge in [0.05, 0.1) is 4.92 Å². The van der Waals surface area contributed by atoms with Gasteiger partial charge in [-0.1, -0.05) is 12.1 Å². The molecule has 8 nitrogen and oxygen atoms in total. The number of methoxy groups -OCH3 is 1. The fourth-order valence-corrected chi connectivity index (χ4v) is 3.08. The molecule has 0 heterocycles. The molecule has 1 aromatic carbocycles. The summed E-state index contributed by atoms with van der Waals surface area (Å²) in [7, 11) is -2.58. The molecule has 0 amide bonds. The number of nitro benzene ring substituents is 1. The first kappa shape index (κ1) is 16.7. The molecule has 0 fully saturated rings. The van der Waals surface area contributed by atoms with Gasteiger partial charge in [-0.05, 0) is 12.0 Å². The highest BCUT2D eigenvalue weighted by Crippen LogP contribution is 2.54. The van der Waals surface area contributed by atoms with Crippen molar-refractivity contribution in [2.24, 2.45) is 5.73 Å². The Bertz CT molecular complexity index is 523. The zero-order valence-corrected chi connectivity index (χ0v) is 11.8. The van der Waals surface area contributed by atoms with Gasteiger partial charge in [0.15, 0.2) is 5.85 Å². The zero-order valence-electron chi connectivity index (χ0n) is 10.9. The van der Waals surface area contributed by atoms with Gasteiger partial charge in [0.1, 0.15) is 6.23 Å². The molecule has 0 saturated carbocycles. The van der Waals surface area contributed by atoms with Gasteiger partial charge >= 0.3 is 0 Å². The van der Waals surface area contributed by atoms with E-state index in [9.17, 15) is 24.7 Å². The maximum absolute atomic E-state index is 12.0. The van der Waals surface area contributed by atoms with Gasteiger partial charge in [-0.3, -0.25) is 14.7 Å². The lowest BCUT2D eigenvalue weighted by Gasteiger charge is -2.19. The number of nitro groups is 1. The lowest BCUT2D eigenvalue weighted by Crippen LogP contribution is -2.23. The summed E-state index contributed by atoms with van der Waals surface area (Å²) in [4.78, 5) is 19.8. The summed E-state index contributed by atoms with van der Waals surface area (Å²) in [5.74, 6) is -1.69. The van der Waals surface area contributed by atoms with Gasteiger partial charge in [0, 0.05) is 25.4 Å². The topological polar surface area (TPSA) is 136 Å². The lowest BCUT2D eigenvalue weighted by atomic mass is 10.2. The van der Waals surface area contributed by atoms with Crippen molar-refractivity contribution in [3.63, 3.8) is 0 Å². The van der Waals surface area contributed by atoms with E-state index >= 15 is 0 Å². The van der Waals surface area contributed by atoms with Gasteiger partial charge in [0.2, 0.25) is 7.37 Å². The number of aliphatic hydroxyl groups excluding tert-OH is 1. The van der Waals surface area contributed by atoms with E-state index in [1.165, 1.54) is 25.3 Å². The number of nitrogens with zero attached hydrogens (tertiary/aromatic N) is 1. The van der Waals surface area contributed by atoms with Crippen LogP contribution in [0.4, 0.5) is 5.69 Å². The van der Waals surface area contributed by atoms with Crippen molar-refractivity contribution in [2.75, 3.05) is 13.3 Å². The summed E-state index contributed by atoms with van der Waals surface area (Å²) >= 11 is 0. The molecule has 0 spiro atoms. The highest BCUT2D eigenvalue weighted by atomic mass is 31.2. The summed E-state index contributed by atoms with van der Waals surface area (Å²) in [6, 6.07) is 5.01. The molecule has 112 valence electrons. The summed E-state index contributed by atoms with van der Waals surface area (Å²) in [5, 5.41) is 20.6. The van der Waals surface area contributed by atoms with Crippen LogP contribution in [0.3, 0.4) is 0 Å². The fourth-order valence-electron chi connectivity index (χ4n) is 1.58. The van der Waals surface area contributed by atoms with Crippen LogP contribution in [-0.4, -0.2) is 34.4 Å². The van der Waals surface area contributed by atoms with Crippen molar-refractivity contribution in [3.05, 3.63) is 39.9 Å². The summed E-state index contributed by atoms with van der Waals surface area (Å²) in [6.07, 6.45) is -0.852. The van der Waals surface area contributed by atoms with Crippen LogP contribution in [0.1, 0.15) is 17.8 Å². The highest BCUT2D eigenvalue weighted by molar-refractivity contribution is 7.58. The predicted octanol–water partition coefficient (Wildman–Crippen LogP) is 1.18. The first-order valence-corrected chi connectivity index (χ1v) is 7.71. The van der Waals surface area contributed by atoms with E-state index < -0.39 is 24.4 Å². The average Bonchev–Trinajstić information content (AvgIpc) is 2.44. The lowest BCUT2D eigenvalue weighted by molar-refractivity contribution is -0.384. The second-order valence-corrected chi connectivity index (χ2v) is 6.72. The number of hydrogen-bond donors (Lipinski definition) is 3. The third-order valence-electron chi connectivity index (χ3n) is 2.80. The third kappa shape index (κ3) is 4.36. The van der Waals surface area contributed by atoms with Gasteiger partial charge < -0.3 is 20.5 Å². The largest absolute Gasteiger partial charge is 0.378 e. The average molecular weight is 304 g/mol. The quantitative estimate of drug-likeness (QED) is 0.298. The normalized spacial score (nSPS) is 17.2. The minimum Gasteiger partial charge on any atom is -0.378 e. The van der Waals surface area contributed by atoms with Crippen LogP contribution in [0.25, 0.3) is 0 Å². The summed E-state index contributed by atoms with van der Waals surface area (Å²) < 4.78 is 16.8. The monoisotopic (exact) mass is 304 g/mol. The molecule has 0 bridgehead atoms. The van der Waals surface area contributed by atoms with E-state index in [4.69, 9.17) is 10.5 Å². The van der Waals surface area contributed by atoms with E-state index in [1.54, 1.807) is 0 Å². The minimum absolute atomic E-state index is 0.0241. The van der Waals surface area contributed by atoms with Gasteiger partial charge in [0.25, 0.3) is 5.69 Å². The standard InChI is InChI=1S/C11H17N2O6P/c1-19-10(12)5-6-20(17,18)11(14)8-3-2-4-9(7-8)13(15)16/h2-4,7,10-11,14H,5-6,12H2,1H3,(H,17,18)/t10-,11?/m1/s1. The summed E-state index contributed by atoms with van der Waals surface area (Å²) in [6.45, 7) is 0. The molecule has 4 N–H and O–H groups in total. The molecule has 9 heteroatoms. The second-order valence-electron chi connectivity index (χ2n) is 4.27. The molecule has 20 heavy (non-hydrogen) atoms. The van der Waals surface area contributed by atoms with Crippen molar-refractivity contribution >= 4 is 13.1 Å². The third-order valence-corrected chi connectivity index (χ3v) is 4.76. The van der Waals surface area contributed by atoms with E-state index in [-0.39, 0.29) is 23.8 Å². The number of nitrogens with two attached hydrogens (primary N) is 1. The van der Waals surface area contributed by atoms with Crippen molar-refractivity contribution in [1.82, 2.24) is 0 Å². The number of hydrogen-bond acceptors (Lipinski definition) is 6. The van der Waals surface area contributed by atoms with Gasteiger partial charge in [-0.15, -0.1) is 0 Å². The Hall–Kier alpha value is -1.31. The smallest absolute Gasteiger partial charge is 0.269 e. The summed E-state index contributed by atoms with van der Waals surface area (Å²) in [5.41, 5.74) is 5.23. The van der Waals surface area contributed by atoms with Crippen LogP contribution >= 0.6 is 7.37 Å². The van der Waals surface area contributed by atoms with Crippen molar-refractivity contribution < 1.29 is 24.2 Å². The molecular weight excluding hydrogens is 287 g/mol. The second kappa shape index (κ2) is 6.92. The number of aliphatic hydroxyl groups is 1. The Morgan fingerprint density at radius 1 is 1.55 bits per heavy atom. The molecule has 0 radical (unpaired) electrons. The Kier molecular flexibility index (Phi) is 5.79. The van der Waals surface area contributed by atoms with E-state index in [0.29, 0.717) is 0 Å². The van der Waals surface area contributed by atoms with Crippen LogP contribution < -0.4 is 5.73 Å². The fraction of sp³-hybridized carbons (Fsp3) is 0.455. The van der Waals surface area contributed by atoms with Crippen molar-refractivity contribution in [1.29, 1.82) is 0 Å². The SMILES string of the molecule is CO[C@@H](N)CCP(=O)(O)C(O)c1cccc([N+](=O)[O-])c1. The molecule has 2 unspecified atom stereocenters. The van der Waals surface area contributed by atoms with Crippen LogP contribution in [0.2, 0.25) is 0 Å². The van der Waals surface area contributed by atoms with Crippen molar-refractivity contribution in [3.8, 4) is 0 Å². The van der Waals surface area contributed by atoms with Crippen LogP contribution in [-0.2, 0) is 9.30 Å². The van der Waals surface area contributed by atoms with E-state index in [2.05, 4.69) is 0 Å². The molecule has 0 saturated heterocycles. The van der Waals surface area contributed by atoms with Gasteiger partial charge in [-0.25, -0.2) is 0 Å². The van der Waals surface area contributed by atoms with E-state index in [0.717, 1.165) is 6.07 Å². The molecule has 1 rings (SSSR count). The van der Waals surface area contributed by atoms with Crippen LogP contribution in [0, 0.1) is 10.1 Å². The Balaban J connectivity index is 2.87. The molecular formula is C11H17N2O6P. The van der Waals surface area contributed by atoms with Crippen molar-refractivity contribution in [2.45, 2.75) is 18.5 Å². The first-order valence-electron chi connectivity index (χ1n) is 5.80. The maximum atomic E-state index is 12.0. The number of non-ortho nitro benzene ring substituents is 1. The predicted molar refractivity (Wildman–Crippen MR) is 72.3 cm³/mol. The maximum Gasteiger partial charge on any atom is 0.269 e. The molecule has 3 atom stereocenters. The Labute approximate surface area is 115 Å². The molecule has 0 aliphatic rings. The van der Waals surface area contributed by atoms with Crippen LogP contribution in [0.5, 0.6) is 0 Å². The minimum atomic E-state index is -3.95. The first-order chi connectivity index (χ1) is 9.27. The number of ether oxygens (including phenoxy) is 1. The Morgan fingerprint density at radius 2 is 2.20 bits per heavy atom. The zero-order chi connectivity index (χ0) is 15.3. The van der Waals surface area contributed by atoms with Crippen LogP contribution in [0.15, 0.2) is 24.3 Å². The van der Waals surface area contributed by atoms with Gasteiger partial charge in [-0.2, -0.15) is 0 Å². The molecule has 0 aliphatic carbocycles. The Morgan fingerprint density at radius 3 is 2.75 bits per heavy atom. The number of benzene rings is 1. The number of rotatable bonds is 7. The molecule has 1 aromatic rings. The molecule has 0 aromatic heterocycles. The molecule has 0 aliphatic heterocycles. The highest BCUT2D eigenvalue weighted by Gasteiger charge is 2.31. The van der Waals surface area contributed by atoms with E-state index in [1.807, 2.05) is 0 Å².